The number of carbonyl (C=O) groups is 1. The molecule has 1 saturated heterocycles. The summed E-state index contributed by atoms with van der Waals surface area (Å²) in [7, 11) is 0. The second-order valence-corrected chi connectivity index (χ2v) is 5.24. The lowest BCUT2D eigenvalue weighted by Gasteiger charge is -2.20. The van der Waals surface area contributed by atoms with E-state index in [4.69, 9.17) is 4.74 Å². The van der Waals surface area contributed by atoms with Gasteiger partial charge in [0.2, 0.25) is 0 Å². The molecule has 1 aromatic rings. The van der Waals surface area contributed by atoms with E-state index in [0.717, 1.165) is 22.9 Å². The highest BCUT2D eigenvalue weighted by Crippen LogP contribution is 2.32. The molecule has 1 aromatic heterocycles. The maximum atomic E-state index is 12.1. The largest absolute Gasteiger partial charge is 0.367 e. The quantitative estimate of drug-likeness (QED) is 0.774. The molecule has 1 fully saturated rings. The molecule has 4 heteroatoms. The van der Waals surface area contributed by atoms with Crippen molar-refractivity contribution in [1.82, 2.24) is 0 Å². The summed E-state index contributed by atoms with van der Waals surface area (Å²) in [4.78, 5) is 12.1. The van der Waals surface area contributed by atoms with Crippen LogP contribution in [0.3, 0.4) is 0 Å². The minimum atomic E-state index is -0.594. The van der Waals surface area contributed by atoms with Crippen LogP contribution < -0.4 is 0 Å². The molecule has 0 aliphatic carbocycles. The first-order valence-electron chi connectivity index (χ1n) is 4.54. The van der Waals surface area contributed by atoms with Gasteiger partial charge in [0.25, 0.3) is 0 Å². The highest BCUT2D eigenvalue weighted by Gasteiger charge is 2.39. The van der Waals surface area contributed by atoms with E-state index in [1.807, 2.05) is 17.7 Å². The Kier molecular flexibility index (Phi) is 2.77. The Hall–Kier alpha value is -0.190. The van der Waals surface area contributed by atoms with Crippen molar-refractivity contribution < 1.29 is 9.53 Å². The van der Waals surface area contributed by atoms with Crippen molar-refractivity contribution in [1.29, 1.82) is 0 Å². The fourth-order valence-corrected chi connectivity index (χ4v) is 3.14. The van der Waals surface area contributed by atoms with Crippen LogP contribution in [-0.2, 0) is 4.74 Å². The minimum absolute atomic E-state index is 0.100. The highest BCUT2D eigenvalue weighted by atomic mass is 79.9. The number of hydrogen-bond acceptors (Lipinski definition) is 3. The van der Waals surface area contributed by atoms with Crippen molar-refractivity contribution in [2.45, 2.75) is 25.4 Å². The molecular weight excluding hydrogens is 264 g/mol. The predicted octanol–water partition coefficient (Wildman–Crippen LogP) is 3.26. The molecule has 14 heavy (non-hydrogen) atoms. The van der Waals surface area contributed by atoms with Crippen LogP contribution >= 0.6 is 27.3 Å². The van der Waals surface area contributed by atoms with Gasteiger partial charge in [0.1, 0.15) is 5.60 Å². The van der Waals surface area contributed by atoms with Gasteiger partial charge < -0.3 is 4.74 Å². The van der Waals surface area contributed by atoms with E-state index < -0.39 is 5.60 Å². The monoisotopic (exact) mass is 274 g/mol. The van der Waals surface area contributed by atoms with Gasteiger partial charge in [0.15, 0.2) is 5.78 Å². The van der Waals surface area contributed by atoms with E-state index in [1.54, 1.807) is 0 Å². The van der Waals surface area contributed by atoms with E-state index in [9.17, 15) is 4.79 Å². The molecule has 1 aliphatic heterocycles. The summed E-state index contributed by atoms with van der Waals surface area (Å²) in [6.07, 6.45) is 1.80. The molecule has 76 valence electrons. The van der Waals surface area contributed by atoms with Gasteiger partial charge in [0, 0.05) is 27.4 Å². The number of carbonyl (C=O) groups excluding carboxylic acids is 1. The minimum Gasteiger partial charge on any atom is -0.367 e. The van der Waals surface area contributed by atoms with E-state index in [0.29, 0.717) is 6.61 Å². The number of ketones is 1. The second kappa shape index (κ2) is 3.76. The smallest absolute Gasteiger partial charge is 0.196 e. The number of rotatable bonds is 2. The van der Waals surface area contributed by atoms with Crippen LogP contribution in [0.25, 0.3) is 0 Å². The normalized spacial score (nSPS) is 26.7. The third-order valence-electron chi connectivity index (χ3n) is 2.56. The number of ether oxygens (including phenoxy) is 1. The molecule has 0 amide bonds. The summed E-state index contributed by atoms with van der Waals surface area (Å²) >= 11 is 4.90. The standard InChI is InChI=1S/C10H11BrO2S/c1-10(3-2-4-13-10)9(12)7-5-14-6-8(7)11/h5-6H,2-4H2,1H3. The van der Waals surface area contributed by atoms with Crippen molar-refractivity contribution in [3.8, 4) is 0 Å². The average molecular weight is 275 g/mol. The number of thiophene rings is 1. The molecule has 0 radical (unpaired) electrons. The van der Waals surface area contributed by atoms with Gasteiger partial charge >= 0.3 is 0 Å². The summed E-state index contributed by atoms with van der Waals surface area (Å²) in [5.74, 6) is 0.100. The molecule has 2 nitrogen and oxygen atoms in total. The first-order chi connectivity index (χ1) is 6.63. The van der Waals surface area contributed by atoms with Crippen molar-refractivity contribution in [3.63, 3.8) is 0 Å². The fourth-order valence-electron chi connectivity index (χ4n) is 1.69. The maximum Gasteiger partial charge on any atom is 0.196 e. The van der Waals surface area contributed by atoms with Crippen LogP contribution in [0.1, 0.15) is 30.1 Å². The van der Waals surface area contributed by atoms with Gasteiger partial charge in [-0.2, -0.15) is 11.3 Å². The Morgan fingerprint density at radius 1 is 1.64 bits per heavy atom. The number of halogens is 1. The highest BCUT2D eigenvalue weighted by molar-refractivity contribution is 9.10. The molecule has 0 spiro atoms. The number of hydrogen-bond donors (Lipinski definition) is 0. The van der Waals surface area contributed by atoms with Gasteiger partial charge in [-0.15, -0.1) is 0 Å². The molecule has 1 unspecified atom stereocenters. The fraction of sp³-hybridized carbons (Fsp3) is 0.500. The third kappa shape index (κ3) is 1.66. The SMILES string of the molecule is CC1(C(=O)c2cscc2Br)CCCO1. The Balaban J connectivity index is 2.28. The van der Waals surface area contributed by atoms with E-state index in [1.165, 1.54) is 11.3 Å². The lowest BCUT2D eigenvalue weighted by Crippen LogP contribution is -2.34. The van der Waals surface area contributed by atoms with Crippen LogP contribution in [0.2, 0.25) is 0 Å². The Bertz CT molecular complexity index is 353. The van der Waals surface area contributed by atoms with Crippen LogP contribution in [0, 0.1) is 0 Å². The van der Waals surface area contributed by atoms with Gasteiger partial charge in [-0.3, -0.25) is 4.79 Å². The van der Waals surface area contributed by atoms with E-state index in [-0.39, 0.29) is 5.78 Å². The van der Waals surface area contributed by atoms with Gasteiger partial charge in [-0.1, -0.05) is 0 Å². The zero-order valence-electron chi connectivity index (χ0n) is 7.88. The lowest BCUT2D eigenvalue weighted by atomic mass is 9.94. The van der Waals surface area contributed by atoms with Crippen molar-refractivity contribution in [2.24, 2.45) is 0 Å². The Morgan fingerprint density at radius 3 is 2.93 bits per heavy atom. The second-order valence-electron chi connectivity index (χ2n) is 3.65. The first kappa shape index (κ1) is 10.3. The van der Waals surface area contributed by atoms with Crippen LogP contribution in [0.5, 0.6) is 0 Å². The van der Waals surface area contributed by atoms with E-state index in [2.05, 4.69) is 15.9 Å². The Morgan fingerprint density at radius 2 is 2.43 bits per heavy atom. The first-order valence-corrected chi connectivity index (χ1v) is 6.27. The van der Waals surface area contributed by atoms with Crippen LogP contribution in [-0.4, -0.2) is 18.0 Å². The molecule has 0 saturated carbocycles. The van der Waals surface area contributed by atoms with Crippen molar-refractivity contribution >= 4 is 33.0 Å². The van der Waals surface area contributed by atoms with Crippen LogP contribution in [0.15, 0.2) is 15.2 Å². The van der Waals surface area contributed by atoms with Gasteiger partial charge in [-0.25, -0.2) is 0 Å². The molecule has 2 rings (SSSR count). The third-order valence-corrected chi connectivity index (χ3v) is 4.26. The lowest BCUT2D eigenvalue weighted by molar-refractivity contribution is 0.0213. The molecule has 2 heterocycles. The van der Waals surface area contributed by atoms with Crippen molar-refractivity contribution in [2.75, 3.05) is 6.61 Å². The summed E-state index contributed by atoms with van der Waals surface area (Å²) in [5.41, 5.74) is 0.156. The zero-order chi connectivity index (χ0) is 10.2. The molecule has 0 N–H and O–H groups in total. The molecule has 0 aromatic carbocycles. The van der Waals surface area contributed by atoms with Crippen LogP contribution in [0.4, 0.5) is 0 Å². The molecular formula is C10H11BrO2S. The van der Waals surface area contributed by atoms with E-state index >= 15 is 0 Å². The molecule has 0 bridgehead atoms. The van der Waals surface area contributed by atoms with Gasteiger partial charge in [-0.05, 0) is 35.7 Å². The summed E-state index contributed by atoms with van der Waals surface area (Å²) in [5, 5.41) is 3.80. The van der Waals surface area contributed by atoms with Gasteiger partial charge in [0.05, 0.1) is 0 Å². The summed E-state index contributed by atoms with van der Waals surface area (Å²) < 4.78 is 6.39. The molecule has 1 atom stereocenters. The molecule has 1 aliphatic rings. The average Bonchev–Trinajstić information content (AvgIpc) is 2.74. The zero-order valence-corrected chi connectivity index (χ0v) is 10.3. The van der Waals surface area contributed by atoms with Crippen molar-refractivity contribution in [3.05, 3.63) is 20.8 Å². The Labute approximate surface area is 95.4 Å². The predicted molar refractivity (Wildman–Crippen MR) is 59.9 cm³/mol. The maximum absolute atomic E-state index is 12.1. The summed E-state index contributed by atoms with van der Waals surface area (Å²) in [6, 6.07) is 0. The topological polar surface area (TPSA) is 26.3 Å². The summed E-state index contributed by atoms with van der Waals surface area (Å²) in [6.45, 7) is 2.58. The number of Topliss-reactive ketones (excluding diaryl/α,β-unsaturated/α-hetero) is 1.